The maximum Gasteiger partial charge on any atom is 0.198 e. The monoisotopic (exact) mass is 484 g/mol. The molecular weight excluding hydrogens is 463 g/mol. The van der Waals surface area contributed by atoms with Crippen molar-refractivity contribution in [3.63, 3.8) is 0 Å². The van der Waals surface area contributed by atoms with Gasteiger partial charge in [-0.2, -0.15) is 0 Å². The molecule has 0 amide bonds. The molecule has 0 spiro atoms. The second-order valence-corrected chi connectivity index (χ2v) is 6.18. The van der Waals surface area contributed by atoms with Crippen LogP contribution < -0.4 is 0 Å². The summed E-state index contributed by atoms with van der Waals surface area (Å²) in [5, 5.41) is 67.0. The molecule has 2 fully saturated rings. The van der Waals surface area contributed by atoms with Crippen LogP contribution >= 0.6 is 23.0 Å². The van der Waals surface area contributed by atoms with E-state index in [1.54, 1.807) is 0 Å². The Hall–Kier alpha value is 0.250. The van der Waals surface area contributed by atoms with E-state index in [0.29, 0.717) is 0 Å². The SMILES string of the molecule is OCC1OC(OI)C(OC2OC(CO)[C@H](O)C(O)C2O)C(OO)C1O. The zero-order valence-electron chi connectivity index (χ0n) is 12.7. The molecule has 0 aromatic rings. The molecule has 7 N–H and O–H groups in total. The zero-order valence-corrected chi connectivity index (χ0v) is 14.9. The molecule has 148 valence electrons. The average Bonchev–Trinajstić information content (AvgIpc) is 2.62. The lowest BCUT2D eigenvalue weighted by atomic mass is 9.97. The van der Waals surface area contributed by atoms with Crippen LogP contribution in [0.2, 0.25) is 0 Å². The van der Waals surface area contributed by atoms with Crippen LogP contribution in [0.15, 0.2) is 0 Å². The Morgan fingerprint density at radius 3 is 1.84 bits per heavy atom. The van der Waals surface area contributed by atoms with E-state index in [0.717, 1.165) is 0 Å². The molecule has 12 nitrogen and oxygen atoms in total. The summed E-state index contributed by atoms with van der Waals surface area (Å²) in [6.07, 6.45) is -14.4. The minimum Gasteiger partial charge on any atom is -0.394 e. The Morgan fingerprint density at radius 2 is 1.32 bits per heavy atom. The molecule has 0 aromatic carbocycles. The van der Waals surface area contributed by atoms with Crippen molar-refractivity contribution in [1.82, 2.24) is 0 Å². The van der Waals surface area contributed by atoms with Crippen molar-refractivity contribution in [2.24, 2.45) is 0 Å². The van der Waals surface area contributed by atoms with E-state index in [2.05, 4.69) is 4.89 Å². The van der Waals surface area contributed by atoms with Gasteiger partial charge in [0.2, 0.25) is 0 Å². The van der Waals surface area contributed by atoms with E-state index in [1.165, 1.54) is 23.0 Å². The molecule has 25 heavy (non-hydrogen) atoms. The molecule has 10 atom stereocenters. The highest BCUT2D eigenvalue weighted by atomic mass is 127. The molecular formula is C12H21IO12. The number of rotatable bonds is 6. The van der Waals surface area contributed by atoms with Crippen molar-refractivity contribution in [1.29, 1.82) is 0 Å². The van der Waals surface area contributed by atoms with Gasteiger partial charge >= 0.3 is 0 Å². The fourth-order valence-corrected chi connectivity index (χ4v) is 3.12. The first-order chi connectivity index (χ1) is 11.9. The van der Waals surface area contributed by atoms with E-state index in [9.17, 15) is 30.6 Å². The standard InChI is InChI=1S/C12H21IO12/c13-24-12-10(9(25-20)6(17)4(2-15)22-12)23-11-8(19)7(18)5(16)3(1-14)21-11/h3-12,14-20H,1-2H2/t3?,4?,5-,6?,7?,8?,9?,10?,11?,12?/m0/s1. The van der Waals surface area contributed by atoms with Gasteiger partial charge < -0.3 is 44.8 Å². The molecule has 2 saturated heterocycles. The molecule has 0 aliphatic carbocycles. The average molecular weight is 484 g/mol. The van der Waals surface area contributed by atoms with Crippen LogP contribution in [0.25, 0.3) is 0 Å². The van der Waals surface area contributed by atoms with E-state index in [1.807, 2.05) is 0 Å². The normalized spacial score (nSPS) is 48.5. The Balaban J connectivity index is 2.17. The summed E-state index contributed by atoms with van der Waals surface area (Å²) >= 11 is 1.46. The van der Waals surface area contributed by atoms with Gasteiger partial charge in [-0.25, -0.2) is 4.89 Å². The molecule has 13 heteroatoms. The largest absolute Gasteiger partial charge is 0.394 e. The van der Waals surface area contributed by atoms with Gasteiger partial charge in [0.25, 0.3) is 0 Å². The molecule has 2 rings (SSSR count). The van der Waals surface area contributed by atoms with Gasteiger partial charge in [-0.1, -0.05) is 0 Å². The van der Waals surface area contributed by atoms with E-state index in [-0.39, 0.29) is 0 Å². The number of aliphatic hydroxyl groups excluding tert-OH is 6. The Labute approximate surface area is 156 Å². The number of ether oxygens (including phenoxy) is 3. The number of halogens is 1. The van der Waals surface area contributed by atoms with Gasteiger partial charge in [-0.15, -0.1) is 0 Å². The smallest absolute Gasteiger partial charge is 0.198 e. The summed E-state index contributed by atoms with van der Waals surface area (Å²) in [6, 6.07) is 0. The summed E-state index contributed by atoms with van der Waals surface area (Å²) in [5.41, 5.74) is 0. The minimum absolute atomic E-state index is 0.593. The van der Waals surface area contributed by atoms with Gasteiger partial charge in [-0.3, -0.25) is 8.32 Å². The lowest BCUT2D eigenvalue weighted by molar-refractivity contribution is -0.398. The highest BCUT2D eigenvalue weighted by Gasteiger charge is 2.52. The van der Waals surface area contributed by atoms with Crippen molar-refractivity contribution in [2.75, 3.05) is 13.2 Å². The quantitative estimate of drug-likeness (QED) is 0.112. The van der Waals surface area contributed by atoms with Crippen LogP contribution in [-0.2, 0) is 22.2 Å². The molecule has 0 aromatic heterocycles. The number of aliphatic hydroxyl groups is 6. The molecule has 2 aliphatic rings. The van der Waals surface area contributed by atoms with Crippen molar-refractivity contribution in [3.8, 4) is 0 Å². The van der Waals surface area contributed by atoms with Crippen molar-refractivity contribution in [3.05, 3.63) is 0 Å². The van der Waals surface area contributed by atoms with Crippen LogP contribution in [-0.4, -0.2) is 111 Å². The number of hydrogen-bond donors (Lipinski definition) is 7. The summed E-state index contributed by atoms with van der Waals surface area (Å²) < 4.78 is 20.9. The Kier molecular flexibility index (Phi) is 8.14. The zero-order chi connectivity index (χ0) is 18.7. The second kappa shape index (κ2) is 9.45. The van der Waals surface area contributed by atoms with Crippen molar-refractivity contribution < 1.29 is 58.1 Å². The summed E-state index contributed by atoms with van der Waals surface area (Å²) in [7, 11) is 0. The molecule has 2 aliphatic heterocycles. The van der Waals surface area contributed by atoms with Crippen LogP contribution in [0, 0.1) is 0 Å². The predicted octanol–water partition coefficient (Wildman–Crippen LogP) is -3.53. The van der Waals surface area contributed by atoms with Gasteiger partial charge in [0.05, 0.1) is 13.2 Å². The maximum atomic E-state index is 10.1. The third kappa shape index (κ3) is 4.40. The van der Waals surface area contributed by atoms with E-state index in [4.69, 9.17) is 22.5 Å². The Morgan fingerprint density at radius 1 is 0.760 bits per heavy atom. The Bertz CT molecular complexity index is 414. The number of hydrogen-bond acceptors (Lipinski definition) is 12. The van der Waals surface area contributed by atoms with Crippen molar-refractivity contribution >= 4 is 23.0 Å². The van der Waals surface area contributed by atoms with Gasteiger partial charge in [0, 0.05) is 0 Å². The second-order valence-electron chi connectivity index (χ2n) is 5.67. The fraction of sp³-hybridized carbons (Fsp3) is 1.00. The molecule has 0 radical (unpaired) electrons. The lowest BCUT2D eigenvalue weighted by Gasteiger charge is -2.45. The molecule has 0 bridgehead atoms. The molecule has 2 heterocycles. The van der Waals surface area contributed by atoms with Crippen LogP contribution in [0.5, 0.6) is 0 Å². The molecule has 0 saturated carbocycles. The van der Waals surface area contributed by atoms with Crippen molar-refractivity contribution in [2.45, 2.75) is 61.4 Å². The van der Waals surface area contributed by atoms with Gasteiger partial charge in [0.15, 0.2) is 18.7 Å². The molecule has 9 unspecified atom stereocenters. The van der Waals surface area contributed by atoms with Gasteiger partial charge in [0.1, 0.15) is 65.7 Å². The topological polar surface area (TPSA) is 188 Å². The highest BCUT2D eigenvalue weighted by molar-refractivity contribution is 14.1. The minimum atomic E-state index is -1.71. The highest BCUT2D eigenvalue weighted by Crippen LogP contribution is 2.31. The lowest BCUT2D eigenvalue weighted by Crippen LogP contribution is -2.64. The van der Waals surface area contributed by atoms with Crippen LogP contribution in [0.1, 0.15) is 0 Å². The summed E-state index contributed by atoms with van der Waals surface area (Å²) in [5.74, 6) is 0. The summed E-state index contributed by atoms with van der Waals surface area (Å²) in [4.78, 5) is 4.21. The first-order valence-electron chi connectivity index (χ1n) is 7.37. The van der Waals surface area contributed by atoms with E-state index >= 15 is 0 Å². The first kappa shape index (κ1) is 21.5. The fourth-order valence-electron chi connectivity index (χ4n) is 2.71. The summed E-state index contributed by atoms with van der Waals surface area (Å²) in [6.45, 7) is -1.25. The maximum absolute atomic E-state index is 10.1. The first-order valence-corrected chi connectivity index (χ1v) is 8.25. The van der Waals surface area contributed by atoms with Crippen LogP contribution in [0.4, 0.5) is 0 Å². The third-order valence-corrected chi connectivity index (χ3v) is 4.65. The predicted molar refractivity (Wildman–Crippen MR) is 83.0 cm³/mol. The van der Waals surface area contributed by atoms with Gasteiger partial charge in [-0.05, 0) is 0 Å². The van der Waals surface area contributed by atoms with E-state index < -0.39 is 74.6 Å². The van der Waals surface area contributed by atoms with Crippen LogP contribution in [0.3, 0.4) is 0 Å². The third-order valence-electron chi connectivity index (χ3n) is 4.15.